The number of fused-ring (bicyclic) bond motifs is 1. The van der Waals surface area contributed by atoms with Crippen LogP contribution in [0.5, 0.6) is 0 Å². The number of carbonyl (C=O) groups is 2. The average molecular weight is 487 g/mol. The first-order valence-corrected chi connectivity index (χ1v) is 12.8. The second-order valence-corrected chi connectivity index (χ2v) is 10.1. The van der Waals surface area contributed by atoms with Gasteiger partial charge in [-0.2, -0.15) is 0 Å². The van der Waals surface area contributed by atoms with Crippen molar-refractivity contribution in [2.75, 3.05) is 17.7 Å². The number of aromatic nitrogens is 3. The number of nitrogens with zero attached hydrogens (tertiary/aromatic N) is 3. The van der Waals surface area contributed by atoms with Crippen LogP contribution in [0.2, 0.25) is 0 Å². The Morgan fingerprint density at radius 1 is 1.27 bits per heavy atom. The molecule has 33 heavy (non-hydrogen) atoms. The molecule has 10 heteroatoms. The van der Waals surface area contributed by atoms with Crippen molar-refractivity contribution in [3.05, 3.63) is 46.1 Å². The van der Waals surface area contributed by atoms with Gasteiger partial charge in [-0.1, -0.05) is 23.9 Å². The van der Waals surface area contributed by atoms with Gasteiger partial charge in [-0.05, 0) is 56.7 Å². The number of ether oxygens (including phenoxy) is 1. The number of hydrogen-bond donors (Lipinski definition) is 1. The van der Waals surface area contributed by atoms with Gasteiger partial charge in [0.05, 0.1) is 23.5 Å². The van der Waals surface area contributed by atoms with Crippen LogP contribution < -0.4 is 5.32 Å². The molecule has 1 saturated carbocycles. The first-order valence-electron chi connectivity index (χ1n) is 11.0. The Hall–Kier alpha value is -2.72. The maximum atomic E-state index is 14.3. The predicted octanol–water partition coefficient (Wildman–Crippen LogP) is 4.88. The molecule has 1 amide bonds. The third-order valence-corrected chi connectivity index (χ3v) is 7.83. The van der Waals surface area contributed by atoms with Gasteiger partial charge in [0.2, 0.25) is 5.91 Å². The molecule has 2 aliphatic rings. The van der Waals surface area contributed by atoms with Gasteiger partial charge in [-0.15, -0.1) is 21.5 Å². The topological polar surface area (TPSA) is 86.1 Å². The van der Waals surface area contributed by atoms with Crippen LogP contribution in [-0.2, 0) is 22.4 Å². The van der Waals surface area contributed by atoms with E-state index in [1.165, 1.54) is 29.2 Å². The van der Waals surface area contributed by atoms with Crippen LogP contribution in [0.3, 0.4) is 0 Å². The van der Waals surface area contributed by atoms with Gasteiger partial charge >= 0.3 is 5.97 Å². The molecule has 0 aliphatic heterocycles. The van der Waals surface area contributed by atoms with E-state index in [9.17, 15) is 14.0 Å². The molecule has 1 N–H and O–H groups in total. The maximum Gasteiger partial charge on any atom is 0.341 e. The first-order chi connectivity index (χ1) is 16.1. The van der Waals surface area contributed by atoms with Crippen LogP contribution in [0.15, 0.2) is 29.4 Å². The molecule has 172 valence electrons. The Morgan fingerprint density at radius 2 is 2.09 bits per heavy atom. The summed E-state index contributed by atoms with van der Waals surface area (Å²) in [7, 11) is 0. The summed E-state index contributed by atoms with van der Waals surface area (Å²) in [6, 6.07) is 6.72. The first kappa shape index (κ1) is 22.1. The van der Waals surface area contributed by atoms with Gasteiger partial charge in [0.1, 0.15) is 10.8 Å². The number of rotatable bonds is 8. The van der Waals surface area contributed by atoms with Crippen LogP contribution >= 0.6 is 23.1 Å². The lowest BCUT2D eigenvalue weighted by atomic mass is 10.1. The van der Waals surface area contributed by atoms with Crippen molar-refractivity contribution >= 4 is 40.0 Å². The third-order valence-electron chi connectivity index (χ3n) is 5.68. The minimum absolute atomic E-state index is 0.104. The molecular formula is C23H23FN4O3S2. The molecule has 0 radical (unpaired) electrons. The van der Waals surface area contributed by atoms with E-state index < -0.39 is 0 Å². The lowest BCUT2D eigenvalue weighted by Crippen LogP contribution is -2.17. The zero-order valence-electron chi connectivity index (χ0n) is 18.1. The number of anilines is 1. The van der Waals surface area contributed by atoms with Gasteiger partial charge in [0, 0.05) is 10.9 Å². The Bertz CT molecular complexity index is 1220. The molecule has 3 aromatic rings. The van der Waals surface area contributed by atoms with Gasteiger partial charge in [0.25, 0.3) is 0 Å². The number of thiophene rings is 1. The van der Waals surface area contributed by atoms with E-state index in [-0.39, 0.29) is 36.1 Å². The van der Waals surface area contributed by atoms with Crippen LogP contribution in [0.4, 0.5) is 9.39 Å². The van der Waals surface area contributed by atoms with Gasteiger partial charge in [-0.25, -0.2) is 9.18 Å². The summed E-state index contributed by atoms with van der Waals surface area (Å²) < 4.78 is 21.5. The molecule has 1 aromatic carbocycles. The third kappa shape index (κ3) is 4.41. The second kappa shape index (κ2) is 9.26. The Labute approximate surface area is 198 Å². The Balaban J connectivity index is 1.32. The predicted molar refractivity (Wildman–Crippen MR) is 125 cm³/mol. The van der Waals surface area contributed by atoms with Crippen molar-refractivity contribution in [3.8, 4) is 11.4 Å². The summed E-state index contributed by atoms with van der Waals surface area (Å²) in [5.41, 5.74) is 1.90. The van der Waals surface area contributed by atoms with E-state index in [0.717, 1.165) is 42.5 Å². The van der Waals surface area contributed by atoms with Crippen LogP contribution in [0, 0.1) is 5.82 Å². The van der Waals surface area contributed by atoms with Crippen molar-refractivity contribution in [1.82, 2.24) is 14.8 Å². The highest BCUT2D eigenvalue weighted by molar-refractivity contribution is 7.99. The fourth-order valence-corrected chi connectivity index (χ4v) is 6.17. The highest BCUT2D eigenvalue weighted by Gasteiger charge is 2.32. The number of thioether (sulfide) groups is 1. The van der Waals surface area contributed by atoms with Crippen molar-refractivity contribution in [1.29, 1.82) is 0 Å². The number of hydrogen-bond acceptors (Lipinski definition) is 7. The number of esters is 1. The molecule has 0 saturated heterocycles. The van der Waals surface area contributed by atoms with Gasteiger partial charge < -0.3 is 10.1 Å². The number of nitrogens with one attached hydrogen (secondary N) is 1. The minimum atomic E-state index is -0.386. The van der Waals surface area contributed by atoms with Crippen LogP contribution in [0.25, 0.3) is 11.4 Å². The monoisotopic (exact) mass is 486 g/mol. The van der Waals surface area contributed by atoms with Gasteiger partial charge in [0.15, 0.2) is 11.0 Å². The van der Waals surface area contributed by atoms with Crippen LogP contribution in [0.1, 0.15) is 53.0 Å². The summed E-state index contributed by atoms with van der Waals surface area (Å²) in [6.45, 7) is 2.05. The summed E-state index contributed by atoms with van der Waals surface area (Å²) in [6.07, 6.45) is 4.71. The minimum Gasteiger partial charge on any atom is -0.462 e. The fraction of sp³-hybridized carbons (Fsp3) is 0.391. The van der Waals surface area contributed by atoms with E-state index in [1.54, 1.807) is 25.1 Å². The molecule has 2 aromatic heterocycles. The van der Waals surface area contributed by atoms with E-state index >= 15 is 0 Å². The molecular weight excluding hydrogens is 463 g/mol. The normalized spacial score (nSPS) is 14.8. The van der Waals surface area contributed by atoms with E-state index in [1.807, 2.05) is 4.57 Å². The second-order valence-electron chi connectivity index (χ2n) is 8.01. The Morgan fingerprint density at radius 3 is 2.85 bits per heavy atom. The summed E-state index contributed by atoms with van der Waals surface area (Å²) in [5.74, 6) is -0.380. The fourth-order valence-electron chi connectivity index (χ4n) is 4.07. The van der Waals surface area contributed by atoms with Crippen molar-refractivity contribution < 1.29 is 18.7 Å². The zero-order valence-corrected chi connectivity index (χ0v) is 19.7. The number of benzene rings is 1. The van der Waals surface area contributed by atoms with Gasteiger partial charge in [-0.3, -0.25) is 9.36 Å². The summed E-state index contributed by atoms with van der Waals surface area (Å²) >= 11 is 2.72. The van der Waals surface area contributed by atoms with Crippen LogP contribution in [-0.4, -0.2) is 39.0 Å². The maximum absolute atomic E-state index is 14.3. The van der Waals surface area contributed by atoms with E-state index in [4.69, 9.17) is 4.74 Å². The number of carbonyl (C=O) groups excluding carboxylic acids is 2. The van der Waals surface area contributed by atoms with E-state index in [0.29, 0.717) is 27.1 Å². The Kier molecular flexibility index (Phi) is 6.20. The quantitative estimate of drug-likeness (QED) is 0.361. The average Bonchev–Trinajstić information content (AvgIpc) is 3.22. The largest absolute Gasteiger partial charge is 0.462 e. The molecule has 2 heterocycles. The molecule has 0 bridgehead atoms. The molecule has 2 aliphatic carbocycles. The smallest absolute Gasteiger partial charge is 0.341 e. The number of aryl methyl sites for hydroxylation is 1. The highest BCUT2D eigenvalue weighted by Crippen LogP contribution is 2.42. The number of amides is 1. The zero-order chi connectivity index (χ0) is 22.9. The van der Waals surface area contributed by atoms with Crippen molar-refractivity contribution in [2.24, 2.45) is 0 Å². The van der Waals surface area contributed by atoms with E-state index in [2.05, 4.69) is 15.5 Å². The molecule has 0 atom stereocenters. The summed E-state index contributed by atoms with van der Waals surface area (Å²) in [5, 5.41) is 12.5. The molecule has 0 unspecified atom stereocenters. The lowest BCUT2D eigenvalue weighted by Gasteiger charge is -2.10. The number of halogens is 1. The SMILES string of the molecule is CCOC(=O)c1c(NC(=O)CSc2nnc(-c3ccccc3F)n2C2CC2)sc2c1CCC2. The molecule has 7 nitrogen and oxygen atoms in total. The molecule has 0 spiro atoms. The highest BCUT2D eigenvalue weighted by atomic mass is 32.2. The summed E-state index contributed by atoms with van der Waals surface area (Å²) in [4.78, 5) is 26.4. The molecule has 5 rings (SSSR count). The standard InChI is InChI=1S/C23H23FN4O3S2/c1-2-31-22(30)19-15-7-5-9-17(15)33-21(19)25-18(29)12-32-23-27-26-20(28(23)13-10-11-13)14-6-3-4-8-16(14)24/h3-4,6,8,13H,2,5,7,9-12H2,1H3,(H,25,29). The van der Waals surface area contributed by atoms with Crippen molar-refractivity contribution in [2.45, 2.75) is 50.2 Å². The van der Waals surface area contributed by atoms with Crippen molar-refractivity contribution in [3.63, 3.8) is 0 Å². The lowest BCUT2D eigenvalue weighted by molar-refractivity contribution is -0.113. The molecule has 1 fully saturated rings.